The summed E-state index contributed by atoms with van der Waals surface area (Å²) >= 11 is 0. The molecule has 1 aromatic heterocycles. The fourth-order valence-corrected chi connectivity index (χ4v) is 2.11. The number of ether oxygens (including phenoxy) is 1. The highest BCUT2D eigenvalue weighted by atomic mass is 16.5. The van der Waals surface area contributed by atoms with Crippen molar-refractivity contribution in [3.8, 4) is 0 Å². The minimum absolute atomic E-state index is 0.0682. The molecule has 0 fully saturated rings. The monoisotopic (exact) mass is 288 g/mol. The maximum atomic E-state index is 5.61. The Bertz CT molecular complexity index is 483. The molecule has 0 spiro atoms. The Morgan fingerprint density at radius 2 is 1.90 bits per heavy atom. The van der Waals surface area contributed by atoms with Crippen LogP contribution in [0.15, 0.2) is 53.1 Å². The van der Waals surface area contributed by atoms with E-state index < -0.39 is 0 Å². The lowest BCUT2D eigenvalue weighted by atomic mass is 10.0. The van der Waals surface area contributed by atoms with E-state index in [1.807, 2.05) is 44.4 Å². The summed E-state index contributed by atoms with van der Waals surface area (Å²) in [5.74, 6) is 0.925. The first-order chi connectivity index (χ1) is 10.3. The Hall–Kier alpha value is -1.62. The van der Waals surface area contributed by atoms with Crippen molar-refractivity contribution in [3.63, 3.8) is 0 Å². The van der Waals surface area contributed by atoms with Gasteiger partial charge in [-0.2, -0.15) is 0 Å². The topological polar surface area (TPSA) is 37.6 Å². The Kier molecular flexibility index (Phi) is 6.47. The number of nitrogens with one attached hydrogen (secondary N) is 1. The summed E-state index contributed by atoms with van der Waals surface area (Å²) < 4.78 is 11.2. The van der Waals surface area contributed by atoms with Gasteiger partial charge in [-0.15, -0.1) is 0 Å². The van der Waals surface area contributed by atoms with Crippen LogP contribution in [-0.2, 0) is 4.74 Å². The van der Waals surface area contributed by atoms with Crippen LogP contribution in [0.4, 0.5) is 0 Å². The van der Waals surface area contributed by atoms with Gasteiger partial charge in [-0.05, 0) is 31.8 Å². The Balaban J connectivity index is 1.84. The highest BCUT2D eigenvalue weighted by Crippen LogP contribution is 2.21. The quantitative estimate of drug-likeness (QED) is 0.720. The predicted molar refractivity (Wildman–Crippen MR) is 84.4 cm³/mol. The molecule has 0 bridgehead atoms. The maximum Gasteiger partial charge on any atom is 0.125 e. The van der Waals surface area contributed by atoms with Gasteiger partial charge in [0.05, 0.1) is 25.5 Å². The summed E-state index contributed by atoms with van der Waals surface area (Å²) in [5.41, 5.74) is 1.20. The first kappa shape index (κ1) is 15.8. The van der Waals surface area contributed by atoms with Crippen LogP contribution in [0.5, 0.6) is 0 Å². The van der Waals surface area contributed by atoms with E-state index in [4.69, 9.17) is 9.15 Å². The van der Waals surface area contributed by atoms with Gasteiger partial charge in [-0.25, -0.2) is 0 Å². The van der Waals surface area contributed by atoms with Gasteiger partial charge in [0.1, 0.15) is 5.76 Å². The number of furan rings is 1. The van der Waals surface area contributed by atoms with Gasteiger partial charge in [0.2, 0.25) is 0 Å². The molecule has 2 aromatic rings. The van der Waals surface area contributed by atoms with Gasteiger partial charge >= 0.3 is 0 Å². The smallest absolute Gasteiger partial charge is 0.125 e. The van der Waals surface area contributed by atoms with Crippen LogP contribution in [-0.4, -0.2) is 45.3 Å². The SMILES string of the molecule is CN(C)CCOCCNC(c1ccccc1)c1ccco1. The van der Waals surface area contributed by atoms with Gasteiger partial charge in [0.25, 0.3) is 0 Å². The Labute approximate surface area is 126 Å². The number of likely N-dealkylation sites (N-methyl/N-ethyl adjacent to an activating group) is 1. The van der Waals surface area contributed by atoms with Gasteiger partial charge < -0.3 is 19.4 Å². The van der Waals surface area contributed by atoms with E-state index in [1.54, 1.807) is 6.26 Å². The highest BCUT2D eigenvalue weighted by molar-refractivity contribution is 5.26. The second-order valence-electron chi connectivity index (χ2n) is 5.23. The van der Waals surface area contributed by atoms with Gasteiger partial charge in [0.15, 0.2) is 0 Å². The molecule has 1 aromatic carbocycles. The summed E-state index contributed by atoms with van der Waals surface area (Å²) in [4.78, 5) is 2.11. The fraction of sp³-hybridized carbons (Fsp3) is 0.412. The van der Waals surface area contributed by atoms with E-state index in [9.17, 15) is 0 Å². The third-order valence-electron chi connectivity index (χ3n) is 3.24. The Morgan fingerprint density at radius 3 is 2.57 bits per heavy atom. The number of hydrogen-bond donors (Lipinski definition) is 1. The molecule has 0 radical (unpaired) electrons. The fourth-order valence-electron chi connectivity index (χ4n) is 2.11. The van der Waals surface area contributed by atoms with E-state index in [1.165, 1.54) is 5.56 Å². The molecule has 0 saturated heterocycles. The minimum atomic E-state index is 0.0682. The molecule has 4 nitrogen and oxygen atoms in total. The molecular formula is C17H24N2O2. The third-order valence-corrected chi connectivity index (χ3v) is 3.24. The maximum absolute atomic E-state index is 5.61. The van der Waals surface area contributed by atoms with Crippen LogP contribution in [0.3, 0.4) is 0 Å². The molecule has 1 heterocycles. The minimum Gasteiger partial charge on any atom is -0.467 e. The second kappa shape index (κ2) is 8.62. The number of rotatable bonds is 9. The molecule has 1 unspecified atom stereocenters. The van der Waals surface area contributed by atoms with Crippen molar-refractivity contribution in [1.29, 1.82) is 0 Å². The molecule has 0 aliphatic heterocycles. The molecule has 114 valence electrons. The molecule has 1 atom stereocenters. The van der Waals surface area contributed by atoms with Crippen molar-refractivity contribution < 1.29 is 9.15 Å². The summed E-state index contributed by atoms with van der Waals surface area (Å²) in [6, 6.07) is 14.3. The standard InChI is InChI=1S/C17H24N2O2/c1-19(2)11-14-20-13-10-18-17(16-9-6-12-21-16)15-7-4-3-5-8-15/h3-9,12,17-18H,10-11,13-14H2,1-2H3. The van der Waals surface area contributed by atoms with Gasteiger partial charge in [-0.3, -0.25) is 0 Å². The summed E-state index contributed by atoms with van der Waals surface area (Å²) in [6.45, 7) is 3.18. The predicted octanol–water partition coefficient (Wildman–Crippen LogP) is 2.54. The van der Waals surface area contributed by atoms with Crippen molar-refractivity contribution in [2.75, 3.05) is 40.4 Å². The van der Waals surface area contributed by atoms with Crippen LogP contribution < -0.4 is 5.32 Å². The van der Waals surface area contributed by atoms with Crippen molar-refractivity contribution in [2.24, 2.45) is 0 Å². The molecule has 0 saturated carbocycles. The molecule has 0 aliphatic rings. The first-order valence-corrected chi connectivity index (χ1v) is 7.31. The van der Waals surface area contributed by atoms with Gasteiger partial charge in [0, 0.05) is 13.1 Å². The van der Waals surface area contributed by atoms with Crippen molar-refractivity contribution in [3.05, 3.63) is 60.1 Å². The zero-order valence-corrected chi connectivity index (χ0v) is 12.8. The van der Waals surface area contributed by atoms with E-state index >= 15 is 0 Å². The second-order valence-corrected chi connectivity index (χ2v) is 5.23. The lowest BCUT2D eigenvalue weighted by Crippen LogP contribution is -2.27. The van der Waals surface area contributed by atoms with E-state index in [-0.39, 0.29) is 6.04 Å². The molecule has 0 amide bonds. The Morgan fingerprint density at radius 1 is 1.10 bits per heavy atom. The largest absolute Gasteiger partial charge is 0.467 e. The molecular weight excluding hydrogens is 264 g/mol. The number of benzene rings is 1. The molecule has 2 rings (SSSR count). The average Bonchev–Trinajstić information content (AvgIpc) is 3.01. The van der Waals surface area contributed by atoms with Crippen LogP contribution in [0, 0.1) is 0 Å². The van der Waals surface area contributed by atoms with E-state index in [2.05, 4.69) is 22.3 Å². The van der Waals surface area contributed by atoms with Crippen LogP contribution in [0.25, 0.3) is 0 Å². The lowest BCUT2D eigenvalue weighted by molar-refractivity contribution is 0.118. The summed E-state index contributed by atoms with van der Waals surface area (Å²) in [6.07, 6.45) is 1.71. The molecule has 21 heavy (non-hydrogen) atoms. The first-order valence-electron chi connectivity index (χ1n) is 7.31. The van der Waals surface area contributed by atoms with Crippen molar-refractivity contribution in [1.82, 2.24) is 10.2 Å². The highest BCUT2D eigenvalue weighted by Gasteiger charge is 2.15. The van der Waals surface area contributed by atoms with Gasteiger partial charge in [-0.1, -0.05) is 30.3 Å². The number of nitrogens with zero attached hydrogens (tertiary/aromatic N) is 1. The van der Waals surface area contributed by atoms with Crippen LogP contribution in [0.1, 0.15) is 17.4 Å². The molecule has 1 N–H and O–H groups in total. The zero-order valence-electron chi connectivity index (χ0n) is 12.8. The third kappa shape index (κ3) is 5.34. The lowest BCUT2D eigenvalue weighted by Gasteiger charge is -2.17. The molecule has 0 aliphatic carbocycles. The van der Waals surface area contributed by atoms with Crippen molar-refractivity contribution in [2.45, 2.75) is 6.04 Å². The number of hydrogen-bond acceptors (Lipinski definition) is 4. The molecule has 4 heteroatoms. The van der Waals surface area contributed by atoms with E-state index in [0.717, 1.165) is 25.5 Å². The normalized spacial score (nSPS) is 12.7. The van der Waals surface area contributed by atoms with Crippen molar-refractivity contribution >= 4 is 0 Å². The summed E-state index contributed by atoms with van der Waals surface area (Å²) in [7, 11) is 4.09. The average molecular weight is 288 g/mol. The van der Waals surface area contributed by atoms with Crippen LogP contribution >= 0.6 is 0 Å². The zero-order chi connectivity index (χ0) is 14.9. The van der Waals surface area contributed by atoms with Crippen LogP contribution in [0.2, 0.25) is 0 Å². The summed E-state index contributed by atoms with van der Waals surface area (Å²) in [5, 5.41) is 3.49. The van der Waals surface area contributed by atoms with E-state index in [0.29, 0.717) is 6.61 Å².